The first-order valence-electron chi connectivity index (χ1n) is 8.83. The molecule has 0 aliphatic carbocycles. The van der Waals surface area contributed by atoms with Crippen LogP contribution < -0.4 is 21.4 Å². The second-order valence-electron chi connectivity index (χ2n) is 6.31. The Morgan fingerprint density at radius 2 is 1.90 bits per heavy atom. The molecule has 29 heavy (non-hydrogen) atoms. The van der Waals surface area contributed by atoms with Crippen LogP contribution >= 0.6 is 0 Å². The van der Waals surface area contributed by atoms with Crippen molar-refractivity contribution in [3.8, 4) is 5.75 Å². The zero-order valence-electron chi connectivity index (χ0n) is 15.7. The van der Waals surface area contributed by atoms with Crippen LogP contribution in [0.5, 0.6) is 5.75 Å². The van der Waals surface area contributed by atoms with Crippen LogP contribution in [-0.4, -0.2) is 25.2 Å². The SMILES string of the molecule is COc1ccc2c(COC(=O)[C@H](Cc3ccccc3)NC(N)=O)cc(=O)oc2c1. The van der Waals surface area contributed by atoms with Gasteiger partial charge in [-0.3, -0.25) is 0 Å². The summed E-state index contributed by atoms with van der Waals surface area (Å²) in [7, 11) is 1.50. The number of amides is 2. The Morgan fingerprint density at radius 1 is 1.14 bits per heavy atom. The number of methoxy groups -OCH3 is 1. The Balaban J connectivity index is 1.78. The molecule has 8 heteroatoms. The van der Waals surface area contributed by atoms with Gasteiger partial charge in [0, 0.05) is 29.5 Å². The van der Waals surface area contributed by atoms with E-state index in [2.05, 4.69) is 5.32 Å². The van der Waals surface area contributed by atoms with Gasteiger partial charge in [0.15, 0.2) is 0 Å². The maximum atomic E-state index is 12.6. The summed E-state index contributed by atoms with van der Waals surface area (Å²) < 4.78 is 15.7. The molecule has 0 unspecified atom stereocenters. The molecule has 150 valence electrons. The standard InChI is InChI=1S/C21H20N2O6/c1-27-15-7-8-16-14(10-19(24)29-18(16)11-15)12-28-20(25)17(23-21(22)26)9-13-5-3-2-4-6-13/h2-8,10-11,17H,9,12H2,1H3,(H3,22,23,26)/t17-/m0/s1. The number of carbonyl (C=O) groups excluding carboxylic acids is 2. The fourth-order valence-electron chi connectivity index (χ4n) is 2.92. The Kier molecular flexibility index (Phi) is 6.13. The summed E-state index contributed by atoms with van der Waals surface area (Å²) in [5.74, 6) is -0.133. The highest BCUT2D eigenvalue weighted by Crippen LogP contribution is 2.23. The van der Waals surface area contributed by atoms with Crippen molar-refractivity contribution in [3.63, 3.8) is 0 Å². The summed E-state index contributed by atoms with van der Waals surface area (Å²) in [5.41, 5.74) is 6.24. The number of benzene rings is 2. The van der Waals surface area contributed by atoms with Crippen molar-refractivity contribution in [2.75, 3.05) is 7.11 Å². The van der Waals surface area contributed by atoms with Gasteiger partial charge in [-0.2, -0.15) is 0 Å². The second-order valence-corrected chi connectivity index (χ2v) is 6.31. The molecular weight excluding hydrogens is 376 g/mol. The molecule has 3 rings (SSSR count). The molecule has 0 aliphatic heterocycles. The summed E-state index contributed by atoms with van der Waals surface area (Å²) in [4.78, 5) is 35.7. The van der Waals surface area contributed by atoms with Crippen molar-refractivity contribution in [3.05, 3.63) is 76.1 Å². The fraction of sp³-hybridized carbons (Fsp3) is 0.190. The van der Waals surface area contributed by atoms with Crippen molar-refractivity contribution in [2.45, 2.75) is 19.1 Å². The van der Waals surface area contributed by atoms with Crippen LogP contribution in [0.15, 0.2) is 63.8 Å². The van der Waals surface area contributed by atoms with E-state index in [-0.39, 0.29) is 13.0 Å². The van der Waals surface area contributed by atoms with Gasteiger partial charge in [0.1, 0.15) is 24.0 Å². The minimum atomic E-state index is -0.957. The molecule has 2 amide bonds. The summed E-state index contributed by atoms with van der Waals surface area (Å²) in [6.45, 7) is -0.168. The molecule has 0 radical (unpaired) electrons. The smallest absolute Gasteiger partial charge is 0.336 e. The number of hydrogen-bond donors (Lipinski definition) is 2. The van der Waals surface area contributed by atoms with Crippen molar-refractivity contribution in [1.29, 1.82) is 0 Å². The van der Waals surface area contributed by atoms with Crippen molar-refractivity contribution in [2.24, 2.45) is 5.73 Å². The summed E-state index contributed by atoms with van der Waals surface area (Å²) in [6.07, 6.45) is 0.220. The first-order valence-corrected chi connectivity index (χ1v) is 8.83. The molecule has 0 spiro atoms. The molecule has 0 aliphatic rings. The van der Waals surface area contributed by atoms with Gasteiger partial charge in [0.2, 0.25) is 0 Å². The van der Waals surface area contributed by atoms with E-state index in [1.807, 2.05) is 30.3 Å². The third-order valence-corrected chi connectivity index (χ3v) is 4.29. The Hall–Kier alpha value is -3.81. The molecule has 0 saturated carbocycles. The highest BCUT2D eigenvalue weighted by atomic mass is 16.5. The fourth-order valence-corrected chi connectivity index (χ4v) is 2.92. The summed E-state index contributed by atoms with van der Waals surface area (Å²) >= 11 is 0. The molecule has 3 N–H and O–H groups in total. The first kappa shape index (κ1) is 19.9. The number of ether oxygens (including phenoxy) is 2. The summed E-state index contributed by atoms with van der Waals surface area (Å²) in [6, 6.07) is 13.6. The Morgan fingerprint density at radius 3 is 2.59 bits per heavy atom. The maximum Gasteiger partial charge on any atom is 0.336 e. The van der Waals surface area contributed by atoms with Crippen LogP contribution in [-0.2, 0) is 22.6 Å². The molecule has 0 bridgehead atoms. The lowest BCUT2D eigenvalue weighted by atomic mass is 10.1. The summed E-state index contributed by atoms with van der Waals surface area (Å²) in [5, 5.41) is 3.01. The van der Waals surface area contributed by atoms with Crippen molar-refractivity contribution < 1.29 is 23.5 Å². The number of carbonyl (C=O) groups is 2. The van der Waals surface area contributed by atoms with Gasteiger partial charge in [-0.05, 0) is 17.7 Å². The molecule has 1 heterocycles. The first-order chi connectivity index (χ1) is 14.0. The lowest BCUT2D eigenvalue weighted by Gasteiger charge is -2.17. The zero-order chi connectivity index (χ0) is 20.8. The van der Waals surface area contributed by atoms with E-state index >= 15 is 0 Å². The van der Waals surface area contributed by atoms with Crippen LogP contribution in [0.25, 0.3) is 11.0 Å². The van der Waals surface area contributed by atoms with E-state index in [4.69, 9.17) is 19.6 Å². The number of primary amides is 1. The number of nitrogens with two attached hydrogens (primary N) is 1. The van der Waals surface area contributed by atoms with Crippen LogP contribution in [0, 0.1) is 0 Å². The van der Waals surface area contributed by atoms with Gasteiger partial charge < -0.3 is 24.9 Å². The number of esters is 1. The lowest BCUT2D eigenvalue weighted by molar-refractivity contribution is -0.147. The van der Waals surface area contributed by atoms with Gasteiger partial charge in [-0.25, -0.2) is 14.4 Å². The van der Waals surface area contributed by atoms with E-state index < -0.39 is 23.7 Å². The van der Waals surface area contributed by atoms with E-state index in [1.54, 1.807) is 18.2 Å². The largest absolute Gasteiger partial charge is 0.497 e. The molecule has 1 atom stereocenters. The zero-order valence-corrected chi connectivity index (χ0v) is 15.7. The quantitative estimate of drug-likeness (QED) is 0.466. The predicted octanol–water partition coefficient (Wildman–Crippen LogP) is 2.12. The highest BCUT2D eigenvalue weighted by molar-refractivity contribution is 5.84. The third-order valence-electron chi connectivity index (χ3n) is 4.29. The number of rotatable bonds is 7. The molecule has 2 aromatic carbocycles. The molecule has 3 aromatic rings. The number of hydrogen-bond acceptors (Lipinski definition) is 6. The molecule has 8 nitrogen and oxygen atoms in total. The number of urea groups is 1. The topological polar surface area (TPSA) is 121 Å². The molecular formula is C21H20N2O6. The van der Waals surface area contributed by atoms with Gasteiger partial charge in [0.05, 0.1) is 7.11 Å². The van der Waals surface area contributed by atoms with Gasteiger partial charge in [0.25, 0.3) is 0 Å². The highest BCUT2D eigenvalue weighted by Gasteiger charge is 2.22. The molecule has 1 aromatic heterocycles. The second kappa shape index (κ2) is 8.92. The Bertz CT molecular complexity index is 1080. The monoisotopic (exact) mass is 396 g/mol. The van der Waals surface area contributed by atoms with Crippen molar-refractivity contribution in [1.82, 2.24) is 5.32 Å². The lowest BCUT2D eigenvalue weighted by Crippen LogP contribution is -2.45. The Labute approximate surface area is 166 Å². The van der Waals surface area contributed by atoms with Gasteiger partial charge >= 0.3 is 17.6 Å². The molecule has 0 fully saturated rings. The van der Waals surface area contributed by atoms with Crippen LogP contribution in [0.1, 0.15) is 11.1 Å². The van der Waals surface area contributed by atoms with Crippen LogP contribution in [0.4, 0.5) is 4.79 Å². The van der Waals surface area contributed by atoms with Gasteiger partial charge in [-0.15, -0.1) is 0 Å². The van der Waals surface area contributed by atoms with Crippen LogP contribution in [0.3, 0.4) is 0 Å². The van der Waals surface area contributed by atoms with E-state index in [1.165, 1.54) is 13.2 Å². The number of nitrogens with one attached hydrogen (secondary N) is 1. The van der Waals surface area contributed by atoms with E-state index in [0.29, 0.717) is 22.3 Å². The van der Waals surface area contributed by atoms with E-state index in [0.717, 1.165) is 5.56 Å². The molecule has 0 saturated heterocycles. The van der Waals surface area contributed by atoms with E-state index in [9.17, 15) is 14.4 Å². The predicted molar refractivity (Wildman–Crippen MR) is 105 cm³/mol. The van der Waals surface area contributed by atoms with Crippen molar-refractivity contribution >= 4 is 23.0 Å². The third kappa shape index (κ3) is 5.13. The normalized spacial score (nSPS) is 11.6. The minimum absolute atomic E-state index is 0.168. The maximum absolute atomic E-state index is 12.6. The average molecular weight is 396 g/mol. The van der Waals surface area contributed by atoms with Crippen LogP contribution in [0.2, 0.25) is 0 Å². The minimum Gasteiger partial charge on any atom is -0.497 e. The number of fused-ring (bicyclic) bond motifs is 1. The van der Waals surface area contributed by atoms with Gasteiger partial charge in [-0.1, -0.05) is 30.3 Å². The average Bonchev–Trinajstić information content (AvgIpc) is 2.71.